The molecule has 0 fully saturated rings. The Hall–Kier alpha value is -4.68. The zero-order chi connectivity index (χ0) is 30.0. The second kappa shape index (κ2) is 14.3. The first-order valence-corrected chi connectivity index (χ1v) is 14.9. The molecule has 0 aliphatic heterocycles. The number of anilines is 4. The van der Waals surface area contributed by atoms with Gasteiger partial charge in [-0.05, 0) is 74.8 Å². The molecule has 0 saturated carbocycles. The SMILES string of the molecule is CCOc1ccc(CCNc2cc(NN=C(C)c3ccc(S(=O)(=O)NC)cc3)nc(Nc3ccccc3)n2)cc1OC. The highest BCUT2D eigenvalue weighted by molar-refractivity contribution is 7.89. The Morgan fingerprint density at radius 2 is 1.67 bits per heavy atom. The molecule has 0 saturated heterocycles. The average molecular weight is 590 g/mol. The third-order valence-electron chi connectivity index (χ3n) is 6.19. The number of ether oxygens (including phenoxy) is 2. The van der Waals surface area contributed by atoms with Gasteiger partial charge in [0, 0.05) is 18.3 Å². The predicted molar refractivity (Wildman–Crippen MR) is 167 cm³/mol. The van der Waals surface area contributed by atoms with E-state index in [4.69, 9.17) is 9.47 Å². The monoisotopic (exact) mass is 589 g/mol. The van der Waals surface area contributed by atoms with E-state index in [0.29, 0.717) is 42.2 Å². The Bertz CT molecular complexity index is 1610. The highest BCUT2D eigenvalue weighted by Crippen LogP contribution is 2.28. The van der Waals surface area contributed by atoms with E-state index in [1.807, 2.05) is 62.4 Å². The number of nitrogens with one attached hydrogen (secondary N) is 4. The van der Waals surface area contributed by atoms with Crippen molar-refractivity contribution in [3.63, 3.8) is 0 Å². The molecule has 12 heteroatoms. The molecule has 0 radical (unpaired) electrons. The van der Waals surface area contributed by atoms with Crippen molar-refractivity contribution in [1.82, 2.24) is 14.7 Å². The van der Waals surface area contributed by atoms with Crippen LogP contribution < -0.4 is 30.3 Å². The molecule has 1 aromatic heterocycles. The summed E-state index contributed by atoms with van der Waals surface area (Å²) in [6.07, 6.45) is 0.730. The average Bonchev–Trinajstić information content (AvgIpc) is 3.01. The first-order valence-electron chi connectivity index (χ1n) is 13.4. The Kier molecular flexibility index (Phi) is 10.3. The molecule has 1 heterocycles. The Balaban J connectivity index is 1.50. The summed E-state index contributed by atoms with van der Waals surface area (Å²) in [6, 6.07) is 23.8. The van der Waals surface area contributed by atoms with Crippen LogP contribution in [0.3, 0.4) is 0 Å². The fourth-order valence-corrected chi connectivity index (χ4v) is 4.71. The molecule has 0 atom stereocenters. The molecule has 0 bridgehead atoms. The smallest absolute Gasteiger partial charge is 0.240 e. The molecular formula is C30H35N7O4S. The van der Waals surface area contributed by atoms with Gasteiger partial charge < -0.3 is 20.1 Å². The summed E-state index contributed by atoms with van der Waals surface area (Å²) in [5.41, 5.74) is 6.35. The van der Waals surface area contributed by atoms with E-state index >= 15 is 0 Å². The van der Waals surface area contributed by atoms with Gasteiger partial charge in [0.1, 0.15) is 5.82 Å². The Labute approximate surface area is 246 Å². The third kappa shape index (κ3) is 8.18. The minimum absolute atomic E-state index is 0.182. The summed E-state index contributed by atoms with van der Waals surface area (Å²) in [6.45, 7) is 4.94. The predicted octanol–water partition coefficient (Wildman–Crippen LogP) is 5.03. The third-order valence-corrected chi connectivity index (χ3v) is 7.62. The molecule has 220 valence electrons. The number of sulfonamides is 1. The lowest BCUT2D eigenvalue weighted by Crippen LogP contribution is -2.18. The highest BCUT2D eigenvalue weighted by atomic mass is 32.2. The van der Waals surface area contributed by atoms with Gasteiger partial charge >= 0.3 is 0 Å². The number of aromatic nitrogens is 2. The lowest BCUT2D eigenvalue weighted by atomic mass is 10.1. The molecule has 0 aliphatic rings. The summed E-state index contributed by atoms with van der Waals surface area (Å²) in [4.78, 5) is 9.38. The van der Waals surface area contributed by atoms with Crippen LogP contribution in [-0.4, -0.2) is 51.4 Å². The van der Waals surface area contributed by atoms with Gasteiger partial charge in [-0.3, -0.25) is 5.43 Å². The van der Waals surface area contributed by atoms with Gasteiger partial charge in [0.15, 0.2) is 17.3 Å². The van der Waals surface area contributed by atoms with E-state index < -0.39 is 10.0 Å². The van der Waals surface area contributed by atoms with Crippen LogP contribution >= 0.6 is 0 Å². The summed E-state index contributed by atoms with van der Waals surface area (Å²) >= 11 is 0. The van der Waals surface area contributed by atoms with Crippen LogP contribution in [0.2, 0.25) is 0 Å². The van der Waals surface area contributed by atoms with Crippen molar-refractivity contribution in [1.29, 1.82) is 0 Å². The summed E-state index contributed by atoms with van der Waals surface area (Å²) in [5.74, 6) is 2.89. The number of hydrazone groups is 1. The molecule has 0 unspecified atom stereocenters. The number of hydrogen-bond acceptors (Lipinski definition) is 10. The fourth-order valence-electron chi connectivity index (χ4n) is 3.98. The van der Waals surface area contributed by atoms with Gasteiger partial charge in [0.05, 0.1) is 24.3 Å². The Morgan fingerprint density at radius 3 is 2.36 bits per heavy atom. The molecule has 0 aliphatic carbocycles. The minimum atomic E-state index is -3.51. The summed E-state index contributed by atoms with van der Waals surface area (Å²) < 4.78 is 37.4. The molecule has 0 amide bonds. The largest absolute Gasteiger partial charge is 0.493 e. The highest BCUT2D eigenvalue weighted by Gasteiger charge is 2.12. The van der Waals surface area contributed by atoms with Crippen molar-refractivity contribution >= 4 is 39.0 Å². The lowest BCUT2D eigenvalue weighted by Gasteiger charge is -2.13. The number of methoxy groups -OCH3 is 1. The number of para-hydroxylation sites is 1. The molecular weight excluding hydrogens is 554 g/mol. The number of hydrogen-bond donors (Lipinski definition) is 4. The molecule has 11 nitrogen and oxygen atoms in total. The van der Waals surface area contributed by atoms with Gasteiger partial charge in [0.2, 0.25) is 16.0 Å². The molecule has 4 N–H and O–H groups in total. The first kappa shape index (κ1) is 30.3. The van der Waals surface area contributed by atoms with Crippen molar-refractivity contribution < 1.29 is 17.9 Å². The molecule has 4 aromatic rings. The summed E-state index contributed by atoms with van der Waals surface area (Å²) in [7, 11) is -0.506. The van der Waals surface area contributed by atoms with E-state index in [0.717, 1.165) is 29.0 Å². The maximum absolute atomic E-state index is 12.0. The van der Waals surface area contributed by atoms with Crippen LogP contribution in [0.15, 0.2) is 88.9 Å². The topological polar surface area (TPSA) is 139 Å². The van der Waals surface area contributed by atoms with E-state index in [1.165, 1.54) is 19.2 Å². The zero-order valence-corrected chi connectivity index (χ0v) is 24.8. The standard InChI is InChI=1S/C30H35N7O4S/c1-5-41-26-16-11-22(19-27(26)40-4)17-18-32-28-20-29(35-30(34-28)33-24-9-7-6-8-10-24)37-36-21(2)23-12-14-25(15-13-23)42(38,39)31-3/h6-16,19-20,31H,5,17-18H2,1-4H3,(H3,32,33,34,35,37). The van der Waals surface area contributed by atoms with E-state index in [1.54, 1.807) is 25.3 Å². The van der Waals surface area contributed by atoms with Crippen LogP contribution in [0.1, 0.15) is 25.0 Å². The molecule has 3 aromatic carbocycles. The van der Waals surface area contributed by atoms with Crippen LogP contribution in [0.5, 0.6) is 11.5 Å². The number of rotatable bonds is 14. The van der Waals surface area contributed by atoms with Gasteiger partial charge in [-0.2, -0.15) is 15.1 Å². The van der Waals surface area contributed by atoms with Crippen molar-refractivity contribution in [2.24, 2.45) is 5.10 Å². The number of nitrogens with zero attached hydrogens (tertiary/aromatic N) is 3. The van der Waals surface area contributed by atoms with E-state index in [-0.39, 0.29) is 4.90 Å². The minimum Gasteiger partial charge on any atom is -0.493 e. The van der Waals surface area contributed by atoms with Crippen LogP contribution in [0, 0.1) is 0 Å². The van der Waals surface area contributed by atoms with Gasteiger partial charge in [0.25, 0.3) is 0 Å². The van der Waals surface area contributed by atoms with Crippen molar-refractivity contribution in [3.05, 3.63) is 90.0 Å². The van der Waals surface area contributed by atoms with Crippen molar-refractivity contribution in [2.45, 2.75) is 25.2 Å². The van der Waals surface area contributed by atoms with E-state index in [2.05, 4.69) is 35.9 Å². The normalized spacial score (nSPS) is 11.6. The molecule has 4 rings (SSSR count). The maximum Gasteiger partial charge on any atom is 0.240 e. The van der Waals surface area contributed by atoms with Gasteiger partial charge in [-0.25, -0.2) is 13.1 Å². The van der Waals surface area contributed by atoms with Crippen molar-refractivity contribution in [2.75, 3.05) is 43.4 Å². The second-order valence-electron chi connectivity index (χ2n) is 9.09. The molecule has 0 spiro atoms. The van der Waals surface area contributed by atoms with Crippen LogP contribution in [0.4, 0.5) is 23.3 Å². The number of benzene rings is 3. The first-order chi connectivity index (χ1) is 20.3. The van der Waals surface area contributed by atoms with Crippen LogP contribution in [0.25, 0.3) is 0 Å². The Morgan fingerprint density at radius 1 is 0.929 bits per heavy atom. The quantitative estimate of drug-likeness (QED) is 0.118. The lowest BCUT2D eigenvalue weighted by molar-refractivity contribution is 0.310. The molecule has 42 heavy (non-hydrogen) atoms. The second-order valence-corrected chi connectivity index (χ2v) is 11.0. The fraction of sp³-hybridized carbons (Fsp3) is 0.233. The van der Waals surface area contributed by atoms with Crippen LogP contribution in [-0.2, 0) is 16.4 Å². The van der Waals surface area contributed by atoms with Crippen molar-refractivity contribution in [3.8, 4) is 11.5 Å². The van der Waals surface area contributed by atoms with Gasteiger partial charge in [-0.1, -0.05) is 36.4 Å². The van der Waals surface area contributed by atoms with Gasteiger partial charge in [-0.15, -0.1) is 0 Å². The van der Waals surface area contributed by atoms with E-state index in [9.17, 15) is 8.42 Å². The zero-order valence-electron chi connectivity index (χ0n) is 24.0. The maximum atomic E-state index is 12.0. The summed E-state index contributed by atoms with van der Waals surface area (Å²) in [5, 5.41) is 11.1.